The molecule has 3 rings (SSSR count). The number of ether oxygens (including phenoxy) is 1. The minimum atomic E-state index is -0.631. The van der Waals surface area contributed by atoms with E-state index < -0.39 is 11.4 Å². The number of aliphatic imine (C=N–C) groups is 1. The molecule has 172 valence electrons. The molecule has 1 amide bonds. The first-order chi connectivity index (χ1) is 14.7. The van der Waals surface area contributed by atoms with E-state index in [1.807, 2.05) is 25.7 Å². The Morgan fingerprint density at radius 1 is 1.29 bits per heavy atom. The Balaban J connectivity index is 1.55. The number of amides is 1. The van der Waals surface area contributed by atoms with E-state index in [1.165, 1.54) is 25.0 Å². The number of carbonyl (C=O) groups excluding carboxylic acids is 1. The summed E-state index contributed by atoms with van der Waals surface area (Å²) in [5.41, 5.74) is 0.228. The van der Waals surface area contributed by atoms with Crippen molar-refractivity contribution in [2.75, 3.05) is 26.7 Å². The van der Waals surface area contributed by atoms with Crippen LogP contribution in [0.3, 0.4) is 0 Å². The van der Waals surface area contributed by atoms with Crippen LogP contribution in [0, 0.1) is 11.7 Å². The fraction of sp³-hybridized carbons (Fsp3) is 0.652. The van der Waals surface area contributed by atoms with Gasteiger partial charge in [0, 0.05) is 39.3 Å². The monoisotopic (exact) mass is 434 g/mol. The third kappa shape index (κ3) is 6.74. The van der Waals surface area contributed by atoms with Crippen molar-refractivity contribution in [2.45, 2.75) is 64.6 Å². The van der Waals surface area contributed by atoms with Crippen LogP contribution >= 0.6 is 0 Å². The standard InChI is InChI=1S/C23H35FN4O3/c1-23(2,3)31-22(30)28(15-16-5-6-16)18-9-11-27(12-10-18)21(25-4)26-14-17-7-8-20(29)19(24)13-17/h7-8,13,16,18,29H,5-6,9-12,14-15H2,1-4H3,(H,25,26). The van der Waals surface area contributed by atoms with Crippen LogP contribution in [0.4, 0.5) is 9.18 Å². The number of benzene rings is 1. The highest BCUT2D eigenvalue weighted by Gasteiger charge is 2.35. The van der Waals surface area contributed by atoms with Gasteiger partial charge < -0.3 is 25.0 Å². The van der Waals surface area contributed by atoms with Gasteiger partial charge >= 0.3 is 6.09 Å². The summed E-state index contributed by atoms with van der Waals surface area (Å²) in [7, 11) is 1.73. The molecule has 0 spiro atoms. The maximum Gasteiger partial charge on any atom is 0.410 e. The molecule has 0 aromatic heterocycles. The fourth-order valence-electron chi connectivity index (χ4n) is 3.83. The number of guanidine groups is 1. The SMILES string of the molecule is CN=C(NCc1ccc(O)c(F)c1)N1CCC(N(CC2CC2)C(=O)OC(C)(C)C)CC1. The van der Waals surface area contributed by atoms with Gasteiger partial charge in [0.2, 0.25) is 0 Å². The van der Waals surface area contributed by atoms with E-state index in [4.69, 9.17) is 4.74 Å². The Labute approximate surface area is 184 Å². The molecule has 1 aliphatic carbocycles. The zero-order valence-electron chi connectivity index (χ0n) is 19.0. The summed E-state index contributed by atoms with van der Waals surface area (Å²) in [6.45, 7) is 8.44. The van der Waals surface area contributed by atoms with Crippen molar-refractivity contribution in [3.63, 3.8) is 0 Å². The molecule has 0 atom stereocenters. The summed E-state index contributed by atoms with van der Waals surface area (Å²) in [6.07, 6.45) is 3.86. The van der Waals surface area contributed by atoms with Gasteiger partial charge in [-0.15, -0.1) is 0 Å². The molecule has 2 N–H and O–H groups in total. The second-order valence-corrected chi connectivity index (χ2v) is 9.48. The van der Waals surface area contributed by atoms with Crippen molar-refractivity contribution in [1.82, 2.24) is 15.1 Å². The van der Waals surface area contributed by atoms with Crippen LogP contribution in [-0.2, 0) is 11.3 Å². The van der Waals surface area contributed by atoms with E-state index in [0.717, 1.165) is 44.0 Å². The van der Waals surface area contributed by atoms with Crippen molar-refractivity contribution >= 4 is 12.1 Å². The number of likely N-dealkylation sites (tertiary alicyclic amines) is 1. The van der Waals surface area contributed by atoms with E-state index >= 15 is 0 Å². The lowest BCUT2D eigenvalue weighted by Crippen LogP contribution is -2.52. The molecule has 7 nitrogen and oxygen atoms in total. The Kier molecular flexibility index (Phi) is 7.28. The lowest BCUT2D eigenvalue weighted by atomic mass is 10.0. The fourth-order valence-corrected chi connectivity index (χ4v) is 3.83. The van der Waals surface area contributed by atoms with Gasteiger partial charge in [0.15, 0.2) is 17.5 Å². The van der Waals surface area contributed by atoms with Crippen LogP contribution in [0.15, 0.2) is 23.2 Å². The van der Waals surface area contributed by atoms with Crippen molar-refractivity contribution in [3.8, 4) is 5.75 Å². The van der Waals surface area contributed by atoms with Crippen LogP contribution in [-0.4, -0.2) is 65.3 Å². The van der Waals surface area contributed by atoms with E-state index in [0.29, 0.717) is 12.5 Å². The summed E-state index contributed by atoms with van der Waals surface area (Å²) >= 11 is 0. The highest BCUT2D eigenvalue weighted by molar-refractivity contribution is 5.80. The highest BCUT2D eigenvalue weighted by Crippen LogP contribution is 2.32. The Morgan fingerprint density at radius 3 is 2.52 bits per heavy atom. The highest BCUT2D eigenvalue weighted by atomic mass is 19.1. The number of rotatable bonds is 5. The molecule has 8 heteroatoms. The smallest absolute Gasteiger partial charge is 0.410 e. The average Bonchev–Trinajstić information content (AvgIpc) is 3.53. The van der Waals surface area contributed by atoms with Crippen LogP contribution in [0.2, 0.25) is 0 Å². The zero-order valence-corrected chi connectivity index (χ0v) is 19.0. The molecule has 2 aliphatic rings. The van der Waals surface area contributed by atoms with Gasteiger partial charge in [0.1, 0.15) is 5.60 Å². The molecule has 1 aromatic carbocycles. The third-order valence-electron chi connectivity index (χ3n) is 5.66. The van der Waals surface area contributed by atoms with E-state index in [1.54, 1.807) is 13.1 Å². The van der Waals surface area contributed by atoms with Gasteiger partial charge in [0.25, 0.3) is 0 Å². The minimum absolute atomic E-state index is 0.163. The Hall–Kier alpha value is -2.51. The van der Waals surface area contributed by atoms with Crippen LogP contribution in [0.1, 0.15) is 52.0 Å². The number of aromatic hydroxyl groups is 1. The average molecular weight is 435 g/mol. The molecule has 1 aliphatic heterocycles. The van der Waals surface area contributed by atoms with Crippen molar-refractivity contribution < 1.29 is 19.0 Å². The summed E-state index contributed by atoms with van der Waals surface area (Å²) < 4.78 is 19.2. The van der Waals surface area contributed by atoms with Gasteiger partial charge in [-0.05, 0) is 70.1 Å². The van der Waals surface area contributed by atoms with Crippen molar-refractivity contribution in [2.24, 2.45) is 10.9 Å². The summed E-state index contributed by atoms with van der Waals surface area (Å²) in [5, 5.41) is 12.6. The number of hydrogen-bond donors (Lipinski definition) is 2. The Morgan fingerprint density at radius 2 is 1.97 bits per heavy atom. The maximum absolute atomic E-state index is 13.6. The van der Waals surface area contributed by atoms with Gasteiger partial charge in [-0.25, -0.2) is 9.18 Å². The van der Waals surface area contributed by atoms with Crippen LogP contribution < -0.4 is 5.32 Å². The number of phenols is 1. The maximum atomic E-state index is 13.6. The number of halogens is 1. The van der Waals surface area contributed by atoms with Crippen molar-refractivity contribution in [3.05, 3.63) is 29.6 Å². The second kappa shape index (κ2) is 9.75. The molecule has 0 bridgehead atoms. The van der Waals surface area contributed by atoms with E-state index in [9.17, 15) is 14.3 Å². The summed E-state index contributed by atoms with van der Waals surface area (Å²) in [5.74, 6) is 0.368. The first-order valence-corrected chi connectivity index (χ1v) is 11.1. The van der Waals surface area contributed by atoms with Crippen LogP contribution in [0.25, 0.3) is 0 Å². The molecule has 0 unspecified atom stereocenters. The van der Waals surface area contributed by atoms with Gasteiger partial charge in [0.05, 0.1) is 0 Å². The topological polar surface area (TPSA) is 77.4 Å². The lowest BCUT2D eigenvalue weighted by molar-refractivity contribution is 0.00928. The number of nitrogens with zero attached hydrogens (tertiary/aromatic N) is 3. The molecule has 0 radical (unpaired) electrons. The molecular weight excluding hydrogens is 399 g/mol. The number of carbonyl (C=O) groups is 1. The Bertz CT molecular complexity index is 797. The quantitative estimate of drug-likeness (QED) is 0.546. The molecule has 1 heterocycles. The minimum Gasteiger partial charge on any atom is -0.505 e. The predicted molar refractivity (Wildman–Crippen MR) is 119 cm³/mol. The number of piperidine rings is 1. The first-order valence-electron chi connectivity index (χ1n) is 11.1. The third-order valence-corrected chi connectivity index (χ3v) is 5.66. The molecular formula is C23H35FN4O3. The van der Waals surface area contributed by atoms with Gasteiger partial charge in [-0.2, -0.15) is 0 Å². The van der Waals surface area contributed by atoms with Gasteiger partial charge in [-0.1, -0.05) is 6.07 Å². The normalized spacial score (nSPS) is 18.1. The zero-order chi connectivity index (χ0) is 22.6. The first kappa shape index (κ1) is 23.2. The molecule has 2 fully saturated rings. The lowest BCUT2D eigenvalue weighted by Gasteiger charge is -2.40. The molecule has 1 aromatic rings. The molecule has 1 saturated heterocycles. The predicted octanol–water partition coefficient (Wildman–Crippen LogP) is 3.72. The van der Waals surface area contributed by atoms with Gasteiger partial charge in [-0.3, -0.25) is 4.99 Å². The molecule has 1 saturated carbocycles. The van der Waals surface area contributed by atoms with Crippen molar-refractivity contribution in [1.29, 1.82) is 0 Å². The van der Waals surface area contributed by atoms with Crippen LogP contribution in [0.5, 0.6) is 5.75 Å². The number of phenolic OH excluding ortho intramolecular Hbond substituents is 1. The number of nitrogens with one attached hydrogen (secondary N) is 1. The largest absolute Gasteiger partial charge is 0.505 e. The second-order valence-electron chi connectivity index (χ2n) is 9.48. The summed E-state index contributed by atoms with van der Waals surface area (Å²) in [4.78, 5) is 21.3. The molecule has 31 heavy (non-hydrogen) atoms. The number of hydrogen-bond acceptors (Lipinski definition) is 4. The van der Waals surface area contributed by atoms with E-state index in [2.05, 4.69) is 15.2 Å². The van der Waals surface area contributed by atoms with E-state index in [-0.39, 0.29) is 17.9 Å². The summed E-state index contributed by atoms with van der Waals surface area (Å²) in [6, 6.07) is 4.52.